The van der Waals surface area contributed by atoms with Crippen LogP contribution in [0.25, 0.3) is 11.1 Å². The zero-order valence-corrected chi connectivity index (χ0v) is 11.1. The van der Waals surface area contributed by atoms with Crippen molar-refractivity contribution < 1.29 is 4.42 Å². The van der Waals surface area contributed by atoms with Crippen molar-refractivity contribution in [3.63, 3.8) is 0 Å². The predicted molar refractivity (Wildman–Crippen MR) is 76.6 cm³/mol. The van der Waals surface area contributed by atoms with Gasteiger partial charge >= 0.3 is 5.76 Å². The molecule has 0 saturated heterocycles. The van der Waals surface area contributed by atoms with Crippen molar-refractivity contribution in [3.05, 3.63) is 64.4 Å². The van der Waals surface area contributed by atoms with Gasteiger partial charge in [-0.2, -0.15) is 0 Å². The normalized spacial score (nSPS) is 12.7. The van der Waals surface area contributed by atoms with Gasteiger partial charge in [0.05, 0.1) is 11.6 Å². The Balaban J connectivity index is 2.07. The molecule has 0 amide bonds. The number of aromatic amines is 1. The average molecular weight is 269 g/mol. The number of nitrogens with zero attached hydrogens (tertiary/aromatic N) is 1. The Morgan fingerprint density at radius 2 is 2.05 bits per heavy atom. The highest BCUT2D eigenvalue weighted by atomic mass is 16.4. The summed E-state index contributed by atoms with van der Waals surface area (Å²) in [7, 11) is 0. The number of aromatic nitrogens is 2. The number of benzene rings is 1. The van der Waals surface area contributed by atoms with Crippen LogP contribution in [0.5, 0.6) is 0 Å². The van der Waals surface area contributed by atoms with E-state index < -0.39 is 5.76 Å². The van der Waals surface area contributed by atoms with E-state index in [2.05, 4.69) is 22.2 Å². The first-order valence-corrected chi connectivity index (χ1v) is 6.54. The lowest BCUT2D eigenvalue weighted by Gasteiger charge is -2.18. The van der Waals surface area contributed by atoms with E-state index >= 15 is 0 Å². The van der Waals surface area contributed by atoms with Crippen molar-refractivity contribution in [1.82, 2.24) is 15.3 Å². The van der Waals surface area contributed by atoms with Gasteiger partial charge in [-0.15, -0.1) is 0 Å². The van der Waals surface area contributed by atoms with Crippen molar-refractivity contribution in [1.29, 1.82) is 0 Å². The van der Waals surface area contributed by atoms with Crippen molar-refractivity contribution in [3.8, 4) is 0 Å². The summed E-state index contributed by atoms with van der Waals surface area (Å²) in [6.45, 7) is 2.89. The molecule has 0 radical (unpaired) electrons. The number of H-pyrrole nitrogens is 1. The number of rotatable bonds is 4. The van der Waals surface area contributed by atoms with Crippen molar-refractivity contribution in [2.75, 3.05) is 6.54 Å². The SMILES string of the molecule is CCNC(c1ccncc1)c1ccc2[nH]c(=O)oc2c1. The number of hydrogen-bond acceptors (Lipinski definition) is 4. The lowest BCUT2D eigenvalue weighted by atomic mass is 9.99. The summed E-state index contributed by atoms with van der Waals surface area (Å²) in [5.74, 6) is -0.430. The van der Waals surface area contributed by atoms with Gasteiger partial charge in [0.2, 0.25) is 0 Å². The largest absolute Gasteiger partial charge is 0.417 e. The van der Waals surface area contributed by atoms with E-state index in [1.54, 1.807) is 12.4 Å². The molecule has 0 spiro atoms. The van der Waals surface area contributed by atoms with Crippen LogP contribution in [0.2, 0.25) is 0 Å². The van der Waals surface area contributed by atoms with E-state index in [0.717, 1.165) is 17.7 Å². The van der Waals surface area contributed by atoms with Gasteiger partial charge in [0.15, 0.2) is 5.58 Å². The second-order valence-corrected chi connectivity index (χ2v) is 4.54. The average Bonchev–Trinajstić information content (AvgIpc) is 2.84. The zero-order chi connectivity index (χ0) is 13.9. The van der Waals surface area contributed by atoms with Gasteiger partial charge < -0.3 is 9.73 Å². The van der Waals surface area contributed by atoms with Crippen LogP contribution in [-0.4, -0.2) is 16.5 Å². The van der Waals surface area contributed by atoms with Crippen LogP contribution in [0.4, 0.5) is 0 Å². The molecule has 20 heavy (non-hydrogen) atoms. The van der Waals surface area contributed by atoms with Crippen LogP contribution in [0, 0.1) is 0 Å². The van der Waals surface area contributed by atoms with Crippen LogP contribution in [0.15, 0.2) is 51.9 Å². The second-order valence-electron chi connectivity index (χ2n) is 4.54. The smallest absolute Gasteiger partial charge is 0.408 e. The number of fused-ring (bicyclic) bond motifs is 1. The summed E-state index contributed by atoms with van der Waals surface area (Å²) in [5, 5.41) is 3.43. The van der Waals surface area contributed by atoms with E-state index in [1.165, 1.54) is 0 Å². The summed E-state index contributed by atoms with van der Waals surface area (Å²) in [6, 6.07) is 9.74. The molecule has 0 fully saturated rings. The standard InChI is InChI=1S/C15H15N3O2/c1-2-17-14(10-5-7-16-8-6-10)11-3-4-12-13(9-11)20-15(19)18-12/h3-9,14,17H,2H2,1H3,(H,18,19). The quantitative estimate of drug-likeness (QED) is 0.761. The first kappa shape index (κ1) is 12.6. The summed E-state index contributed by atoms with van der Waals surface area (Å²) < 4.78 is 5.12. The summed E-state index contributed by atoms with van der Waals surface area (Å²) in [5.41, 5.74) is 3.46. The molecule has 102 valence electrons. The fraction of sp³-hybridized carbons (Fsp3) is 0.200. The summed E-state index contributed by atoms with van der Waals surface area (Å²) in [4.78, 5) is 17.9. The molecule has 1 atom stereocenters. The van der Waals surface area contributed by atoms with E-state index in [-0.39, 0.29) is 6.04 Å². The topological polar surface area (TPSA) is 70.9 Å². The summed E-state index contributed by atoms with van der Waals surface area (Å²) in [6.07, 6.45) is 3.54. The molecule has 0 aliphatic carbocycles. The summed E-state index contributed by atoms with van der Waals surface area (Å²) >= 11 is 0. The van der Waals surface area contributed by atoms with Crippen molar-refractivity contribution >= 4 is 11.1 Å². The number of pyridine rings is 1. The highest BCUT2D eigenvalue weighted by molar-refractivity contribution is 5.73. The van der Waals surface area contributed by atoms with Gasteiger partial charge in [-0.05, 0) is 41.9 Å². The van der Waals surface area contributed by atoms with Gasteiger partial charge in [-0.25, -0.2) is 4.79 Å². The number of nitrogens with one attached hydrogen (secondary N) is 2. The highest BCUT2D eigenvalue weighted by Gasteiger charge is 2.14. The van der Waals surface area contributed by atoms with Crippen LogP contribution in [-0.2, 0) is 0 Å². The van der Waals surface area contributed by atoms with Crippen molar-refractivity contribution in [2.24, 2.45) is 0 Å². The highest BCUT2D eigenvalue weighted by Crippen LogP contribution is 2.24. The lowest BCUT2D eigenvalue weighted by Crippen LogP contribution is -2.21. The molecule has 0 saturated carbocycles. The van der Waals surface area contributed by atoms with E-state index in [0.29, 0.717) is 11.1 Å². The van der Waals surface area contributed by atoms with Crippen molar-refractivity contribution in [2.45, 2.75) is 13.0 Å². The maximum absolute atomic E-state index is 11.2. The minimum absolute atomic E-state index is 0.0487. The zero-order valence-electron chi connectivity index (χ0n) is 11.1. The Kier molecular flexibility index (Phi) is 3.35. The van der Waals surface area contributed by atoms with Crippen LogP contribution in [0.1, 0.15) is 24.1 Å². The Bertz CT molecular complexity index is 761. The fourth-order valence-electron chi connectivity index (χ4n) is 2.33. The molecule has 3 aromatic rings. The maximum Gasteiger partial charge on any atom is 0.417 e. The molecule has 5 nitrogen and oxygen atoms in total. The molecular formula is C15H15N3O2. The molecule has 3 rings (SSSR count). The molecule has 0 aliphatic rings. The molecule has 2 N–H and O–H groups in total. The third kappa shape index (κ3) is 2.35. The van der Waals surface area contributed by atoms with Gasteiger partial charge in [-0.3, -0.25) is 9.97 Å². The van der Waals surface area contributed by atoms with Crippen LogP contribution in [0.3, 0.4) is 0 Å². The molecule has 2 heterocycles. The lowest BCUT2D eigenvalue weighted by molar-refractivity contribution is 0.553. The van der Waals surface area contributed by atoms with Crippen LogP contribution < -0.4 is 11.1 Å². The van der Waals surface area contributed by atoms with Crippen LogP contribution >= 0.6 is 0 Å². The molecule has 0 bridgehead atoms. The van der Waals surface area contributed by atoms with E-state index in [4.69, 9.17) is 4.42 Å². The predicted octanol–water partition coefficient (Wildman–Crippen LogP) is 2.21. The minimum Gasteiger partial charge on any atom is -0.408 e. The monoisotopic (exact) mass is 269 g/mol. The van der Waals surface area contributed by atoms with Gasteiger partial charge in [0, 0.05) is 12.4 Å². The van der Waals surface area contributed by atoms with E-state index in [1.807, 2.05) is 30.3 Å². The Morgan fingerprint density at radius 1 is 1.25 bits per heavy atom. The number of oxazole rings is 1. The molecule has 1 aromatic carbocycles. The molecule has 5 heteroatoms. The molecule has 0 aliphatic heterocycles. The van der Waals surface area contributed by atoms with Gasteiger partial charge in [-0.1, -0.05) is 13.0 Å². The maximum atomic E-state index is 11.2. The Hall–Kier alpha value is -2.40. The third-order valence-electron chi connectivity index (χ3n) is 3.23. The third-order valence-corrected chi connectivity index (χ3v) is 3.23. The first-order valence-electron chi connectivity index (χ1n) is 6.54. The first-order chi connectivity index (χ1) is 9.78. The fourth-order valence-corrected chi connectivity index (χ4v) is 2.33. The molecule has 2 aromatic heterocycles. The van der Waals surface area contributed by atoms with Gasteiger partial charge in [0.25, 0.3) is 0 Å². The second kappa shape index (κ2) is 5.30. The van der Waals surface area contributed by atoms with Gasteiger partial charge in [0.1, 0.15) is 0 Å². The number of hydrogen-bond donors (Lipinski definition) is 2. The molecule has 1 unspecified atom stereocenters. The minimum atomic E-state index is -0.430. The Labute approximate surface area is 115 Å². The Morgan fingerprint density at radius 3 is 2.80 bits per heavy atom. The van der Waals surface area contributed by atoms with E-state index in [9.17, 15) is 4.79 Å². The molecular weight excluding hydrogens is 254 g/mol.